The number of nitrogens with two attached hydrogens (primary N) is 1. The second-order valence-corrected chi connectivity index (χ2v) is 5.66. The Morgan fingerprint density at radius 3 is 2.75 bits per heavy atom. The Labute approximate surface area is 121 Å². The van der Waals surface area contributed by atoms with Gasteiger partial charge in [-0.2, -0.15) is 5.10 Å². The van der Waals surface area contributed by atoms with Crippen LogP contribution in [0.25, 0.3) is 5.69 Å². The van der Waals surface area contributed by atoms with Crippen LogP contribution in [0, 0.1) is 6.92 Å². The summed E-state index contributed by atoms with van der Waals surface area (Å²) in [5.74, 6) is 0. The average molecular weight is 284 g/mol. The third-order valence-corrected chi connectivity index (χ3v) is 4.06. The van der Waals surface area contributed by atoms with Crippen LogP contribution in [0.5, 0.6) is 0 Å². The monoisotopic (exact) mass is 284 g/mol. The normalized spacial score (nSPS) is 12.5. The molecule has 0 aliphatic heterocycles. The SMILES string of the molecule is Cc1csc(CC(N)c2ccn(-c3ccccc3)n2)n1. The molecule has 0 radical (unpaired) electrons. The number of nitrogens with zero attached hydrogens (tertiary/aromatic N) is 3. The molecule has 1 atom stereocenters. The molecule has 0 aliphatic carbocycles. The Morgan fingerprint density at radius 1 is 1.25 bits per heavy atom. The second-order valence-electron chi connectivity index (χ2n) is 4.71. The highest BCUT2D eigenvalue weighted by Crippen LogP contribution is 2.18. The maximum atomic E-state index is 6.22. The third-order valence-electron chi connectivity index (χ3n) is 3.07. The molecule has 20 heavy (non-hydrogen) atoms. The Hall–Kier alpha value is -1.98. The van der Waals surface area contributed by atoms with Gasteiger partial charge < -0.3 is 5.73 Å². The van der Waals surface area contributed by atoms with Crippen molar-refractivity contribution in [2.75, 3.05) is 0 Å². The summed E-state index contributed by atoms with van der Waals surface area (Å²) in [4.78, 5) is 4.45. The lowest BCUT2D eigenvalue weighted by Crippen LogP contribution is -2.14. The zero-order valence-corrected chi connectivity index (χ0v) is 12.0. The zero-order chi connectivity index (χ0) is 13.9. The van der Waals surface area contributed by atoms with Gasteiger partial charge in [0, 0.05) is 23.7 Å². The molecule has 5 heteroatoms. The van der Waals surface area contributed by atoms with Crippen molar-refractivity contribution in [3.63, 3.8) is 0 Å². The van der Waals surface area contributed by atoms with Gasteiger partial charge in [-0.3, -0.25) is 0 Å². The number of para-hydroxylation sites is 1. The van der Waals surface area contributed by atoms with Gasteiger partial charge in [-0.15, -0.1) is 11.3 Å². The molecule has 0 bridgehead atoms. The van der Waals surface area contributed by atoms with E-state index < -0.39 is 0 Å². The van der Waals surface area contributed by atoms with Crippen molar-refractivity contribution < 1.29 is 0 Å². The minimum Gasteiger partial charge on any atom is -0.322 e. The molecular formula is C15H16N4S. The Bertz CT molecular complexity index is 687. The highest BCUT2D eigenvalue weighted by atomic mass is 32.1. The molecule has 1 aromatic carbocycles. The van der Waals surface area contributed by atoms with E-state index in [1.165, 1.54) is 0 Å². The van der Waals surface area contributed by atoms with Crippen LogP contribution < -0.4 is 5.73 Å². The molecule has 3 rings (SSSR count). The summed E-state index contributed by atoms with van der Waals surface area (Å²) in [5, 5.41) is 7.66. The highest BCUT2D eigenvalue weighted by Gasteiger charge is 2.12. The van der Waals surface area contributed by atoms with E-state index in [9.17, 15) is 0 Å². The topological polar surface area (TPSA) is 56.7 Å². The number of hydrogen-bond acceptors (Lipinski definition) is 4. The summed E-state index contributed by atoms with van der Waals surface area (Å²) in [6.45, 7) is 2.00. The second kappa shape index (κ2) is 5.56. The molecule has 2 heterocycles. The summed E-state index contributed by atoms with van der Waals surface area (Å²) in [7, 11) is 0. The fraction of sp³-hybridized carbons (Fsp3) is 0.200. The minimum absolute atomic E-state index is 0.120. The van der Waals surface area contributed by atoms with Gasteiger partial charge in [-0.25, -0.2) is 9.67 Å². The Kier molecular flexibility index (Phi) is 3.62. The largest absolute Gasteiger partial charge is 0.322 e. The van der Waals surface area contributed by atoms with Gasteiger partial charge in [0.1, 0.15) is 0 Å². The molecule has 2 aromatic heterocycles. The van der Waals surface area contributed by atoms with Crippen LogP contribution in [0.3, 0.4) is 0 Å². The quantitative estimate of drug-likeness (QED) is 0.801. The molecule has 2 N–H and O–H groups in total. The predicted molar refractivity (Wildman–Crippen MR) is 81.0 cm³/mol. The number of aromatic nitrogens is 3. The first-order valence-corrected chi connectivity index (χ1v) is 7.38. The zero-order valence-electron chi connectivity index (χ0n) is 11.2. The minimum atomic E-state index is -0.120. The molecule has 4 nitrogen and oxygen atoms in total. The molecule has 0 saturated heterocycles. The smallest absolute Gasteiger partial charge is 0.0947 e. The summed E-state index contributed by atoms with van der Waals surface area (Å²) >= 11 is 1.65. The van der Waals surface area contributed by atoms with Crippen LogP contribution in [-0.2, 0) is 6.42 Å². The predicted octanol–water partition coefficient (Wildman–Crippen LogP) is 2.88. The lowest BCUT2D eigenvalue weighted by atomic mass is 10.1. The van der Waals surface area contributed by atoms with Crippen molar-refractivity contribution in [1.29, 1.82) is 0 Å². The average Bonchev–Trinajstić information content (AvgIpc) is 3.09. The van der Waals surface area contributed by atoms with Crippen molar-refractivity contribution in [3.8, 4) is 5.69 Å². The van der Waals surface area contributed by atoms with Gasteiger partial charge >= 0.3 is 0 Å². The fourth-order valence-electron chi connectivity index (χ4n) is 2.05. The molecule has 1 unspecified atom stereocenters. The standard InChI is InChI=1S/C15H16N4S/c1-11-10-20-15(17-11)9-13(16)14-7-8-19(18-14)12-5-3-2-4-6-12/h2-8,10,13H,9,16H2,1H3. The first-order valence-electron chi connectivity index (χ1n) is 6.50. The van der Waals surface area contributed by atoms with E-state index in [0.717, 1.165) is 28.5 Å². The van der Waals surface area contributed by atoms with Crippen LogP contribution in [0.4, 0.5) is 0 Å². The number of benzene rings is 1. The van der Waals surface area contributed by atoms with Crippen molar-refractivity contribution in [2.24, 2.45) is 5.73 Å². The van der Waals surface area contributed by atoms with Crippen LogP contribution in [-0.4, -0.2) is 14.8 Å². The fourth-order valence-corrected chi connectivity index (χ4v) is 2.88. The van der Waals surface area contributed by atoms with Gasteiger partial charge in [0.15, 0.2) is 0 Å². The van der Waals surface area contributed by atoms with E-state index in [2.05, 4.69) is 10.1 Å². The van der Waals surface area contributed by atoms with Crippen molar-refractivity contribution in [3.05, 3.63) is 64.4 Å². The van der Waals surface area contributed by atoms with E-state index >= 15 is 0 Å². The highest BCUT2D eigenvalue weighted by molar-refractivity contribution is 7.09. The third kappa shape index (κ3) is 2.79. The maximum Gasteiger partial charge on any atom is 0.0947 e. The molecule has 0 spiro atoms. The molecule has 0 aliphatic rings. The van der Waals surface area contributed by atoms with E-state index in [4.69, 9.17) is 5.73 Å². The summed E-state index contributed by atoms with van der Waals surface area (Å²) in [6.07, 6.45) is 2.67. The van der Waals surface area contributed by atoms with E-state index in [-0.39, 0.29) is 6.04 Å². The molecular weight excluding hydrogens is 268 g/mol. The van der Waals surface area contributed by atoms with Crippen molar-refractivity contribution in [1.82, 2.24) is 14.8 Å². The lowest BCUT2D eigenvalue weighted by molar-refractivity contribution is 0.674. The number of aryl methyl sites for hydroxylation is 1. The maximum absolute atomic E-state index is 6.22. The number of hydrogen-bond donors (Lipinski definition) is 1. The van der Waals surface area contributed by atoms with Gasteiger partial charge in [-0.1, -0.05) is 18.2 Å². The summed E-state index contributed by atoms with van der Waals surface area (Å²) in [6, 6.07) is 11.9. The van der Waals surface area contributed by atoms with Gasteiger partial charge in [0.05, 0.1) is 22.4 Å². The van der Waals surface area contributed by atoms with E-state index in [0.29, 0.717) is 0 Å². The molecule has 0 fully saturated rings. The van der Waals surface area contributed by atoms with E-state index in [1.54, 1.807) is 11.3 Å². The Balaban J connectivity index is 1.76. The first-order chi connectivity index (χ1) is 9.72. The number of rotatable bonds is 4. The Morgan fingerprint density at radius 2 is 2.05 bits per heavy atom. The summed E-state index contributed by atoms with van der Waals surface area (Å²) < 4.78 is 1.85. The van der Waals surface area contributed by atoms with Crippen molar-refractivity contribution >= 4 is 11.3 Å². The van der Waals surface area contributed by atoms with E-state index in [1.807, 2.05) is 59.6 Å². The van der Waals surface area contributed by atoms with Gasteiger partial charge in [0.2, 0.25) is 0 Å². The van der Waals surface area contributed by atoms with Crippen LogP contribution >= 0.6 is 11.3 Å². The van der Waals surface area contributed by atoms with Gasteiger partial charge in [0.25, 0.3) is 0 Å². The molecule has 3 aromatic rings. The van der Waals surface area contributed by atoms with Gasteiger partial charge in [-0.05, 0) is 25.1 Å². The lowest BCUT2D eigenvalue weighted by Gasteiger charge is -2.06. The summed E-state index contributed by atoms with van der Waals surface area (Å²) in [5.41, 5.74) is 9.20. The first kappa shape index (κ1) is 13.0. The number of thiazole rings is 1. The van der Waals surface area contributed by atoms with Crippen LogP contribution in [0.2, 0.25) is 0 Å². The van der Waals surface area contributed by atoms with Crippen LogP contribution in [0.1, 0.15) is 22.4 Å². The van der Waals surface area contributed by atoms with Crippen molar-refractivity contribution in [2.45, 2.75) is 19.4 Å². The molecule has 0 saturated carbocycles. The molecule has 0 amide bonds. The van der Waals surface area contributed by atoms with Crippen LogP contribution in [0.15, 0.2) is 48.0 Å². The molecule has 102 valence electrons.